The summed E-state index contributed by atoms with van der Waals surface area (Å²) in [7, 11) is 3.62. The number of nitrogens with zero attached hydrogens (tertiary/aromatic N) is 6. The SMILES string of the molecule is CCC(CC)c1nnc2ccc(O[C@@H]3CC[C@H](NC(=O)Nc4cc(C(C)(C)C)nc(C(=O)NCCN(C)CCOC)n4)c4ccccc43)cn12. The monoisotopic (exact) mass is 685 g/mol. The number of ether oxygens (including phenoxy) is 2. The average molecular weight is 686 g/mol. The van der Waals surface area contributed by atoms with E-state index in [1.54, 1.807) is 13.2 Å². The van der Waals surface area contributed by atoms with Crippen molar-refractivity contribution < 1.29 is 19.1 Å². The minimum Gasteiger partial charge on any atom is -0.484 e. The van der Waals surface area contributed by atoms with Crippen molar-refractivity contribution in [3.63, 3.8) is 0 Å². The summed E-state index contributed by atoms with van der Waals surface area (Å²) < 4.78 is 13.7. The summed E-state index contributed by atoms with van der Waals surface area (Å²) in [5, 5.41) is 17.7. The third kappa shape index (κ3) is 8.94. The van der Waals surface area contributed by atoms with Crippen LogP contribution in [-0.4, -0.2) is 81.8 Å². The number of urea groups is 1. The van der Waals surface area contributed by atoms with Gasteiger partial charge in [-0.1, -0.05) is 58.9 Å². The number of methoxy groups -OCH3 is 1. The topological polar surface area (TPSA) is 148 Å². The van der Waals surface area contributed by atoms with Gasteiger partial charge >= 0.3 is 6.03 Å². The fourth-order valence-electron chi connectivity index (χ4n) is 6.18. The lowest BCUT2D eigenvalue weighted by Gasteiger charge is -2.32. The molecular weight excluding hydrogens is 634 g/mol. The number of likely N-dealkylation sites (N-methyl/N-ethyl adjacent to an activating group) is 1. The van der Waals surface area contributed by atoms with Gasteiger partial charge in [0.1, 0.15) is 23.5 Å². The predicted octanol–water partition coefficient (Wildman–Crippen LogP) is 5.81. The first-order valence-corrected chi connectivity index (χ1v) is 17.5. The predicted molar refractivity (Wildman–Crippen MR) is 193 cm³/mol. The third-order valence-electron chi connectivity index (χ3n) is 9.17. The highest BCUT2D eigenvalue weighted by molar-refractivity contribution is 5.92. The van der Waals surface area contributed by atoms with Crippen molar-refractivity contribution >= 4 is 23.4 Å². The largest absolute Gasteiger partial charge is 0.484 e. The second kappa shape index (κ2) is 16.4. The van der Waals surface area contributed by atoms with Crippen molar-refractivity contribution in [2.45, 2.75) is 83.8 Å². The number of rotatable bonds is 14. The Labute approximate surface area is 294 Å². The molecule has 0 spiro atoms. The first-order chi connectivity index (χ1) is 24.0. The van der Waals surface area contributed by atoms with Crippen molar-refractivity contribution in [2.24, 2.45) is 0 Å². The quantitative estimate of drug-likeness (QED) is 0.150. The van der Waals surface area contributed by atoms with Gasteiger partial charge < -0.3 is 25.0 Å². The number of amides is 3. The lowest BCUT2D eigenvalue weighted by atomic mass is 9.85. The number of hydrogen-bond donors (Lipinski definition) is 3. The molecule has 2 atom stereocenters. The molecule has 3 heterocycles. The van der Waals surface area contributed by atoms with Crippen molar-refractivity contribution in [3.8, 4) is 5.75 Å². The van der Waals surface area contributed by atoms with E-state index in [2.05, 4.69) is 60.9 Å². The van der Waals surface area contributed by atoms with Gasteiger partial charge in [-0.25, -0.2) is 14.8 Å². The van der Waals surface area contributed by atoms with Crippen LogP contribution in [0, 0.1) is 0 Å². The maximum absolute atomic E-state index is 13.4. The second-order valence-electron chi connectivity index (χ2n) is 13.9. The van der Waals surface area contributed by atoms with Crippen molar-refractivity contribution in [1.29, 1.82) is 0 Å². The van der Waals surface area contributed by atoms with Crippen molar-refractivity contribution in [1.82, 2.24) is 40.1 Å². The minimum absolute atomic E-state index is 0.00645. The zero-order valence-corrected chi connectivity index (χ0v) is 30.3. The summed E-state index contributed by atoms with van der Waals surface area (Å²) >= 11 is 0. The van der Waals surface area contributed by atoms with Gasteiger partial charge in [0.2, 0.25) is 5.82 Å². The molecule has 1 aromatic carbocycles. The van der Waals surface area contributed by atoms with Crippen molar-refractivity contribution in [3.05, 3.63) is 77.1 Å². The van der Waals surface area contributed by atoms with E-state index in [-0.39, 0.29) is 29.2 Å². The number of hydrogen-bond acceptors (Lipinski definition) is 9. The van der Waals surface area contributed by atoms with Crippen LogP contribution in [0.25, 0.3) is 5.65 Å². The number of carbonyl (C=O) groups is 2. The average Bonchev–Trinajstić information content (AvgIpc) is 3.51. The summed E-state index contributed by atoms with van der Waals surface area (Å²) in [6, 6.07) is 13.0. The molecule has 1 aliphatic rings. The van der Waals surface area contributed by atoms with Crippen LogP contribution in [-0.2, 0) is 10.2 Å². The van der Waals surface area contributed by atoms with Crippen LogP contribution in [0.2, 0.25) is 0 Å². The van der Waals surface area contributed by atoms with Crippen LogP contribution in [0.4, 0.5) is 10.6 Å². The molecule has 0 saturated carbocycles. The van der Waals surface area contributed by atoms with Crippen molar-refractivity contribution in [2.75, 3.05) is 45.7 Å². The number of carbonyl (C=O) groups excluding carboxylic acids is 2. The minimum atomic E-state index is -0.416. The fourth-order valence-corrected chi connectivity index (χ4v) is 6.18. The molecule has 0 bridgehead atoms. The van der Waals surface area contributed by atoms with Crippen LogP contribution >= 0.6 is 0 Å². The first kappa shape index (κ1) is 36.7. The van der Waals surface area contributed by atoms with Gasteiger partial charge in [0.05, 0.1) is 24.5 Å². The van der Waals surface area contributed by atoms with Crippen LogP contribution < -0.4 is 20.7 Å². The molecule has 4 aromatic rings. The molecular formula is C37H51N9O4. The molecule has 5 rings (SSSR count). The highest BCUT2D eigenvalue weighted by atomic mass is 16.5. The summed E-state index contributed by atoms with van der Waals surface area (Å²) in [6.45, 7) is 12.8. The van der Waals surface area contributed by atoms with Crippen LogP contribution in [0.3, 0.4) is 0 Å². The molecule has 0 saturated heterocycles. The van der Waals surface area contributed by atoms with Gasteiger partial charge in [-0.2, -0.15) is 0 Å². The summed E-state index contributed by atoms with van der Waals surface area (Å²) in [4.78, 5) is 37.5. The number of nitrogens with one attached hydrogen (secondary N) is 3. The second-order valence-corrected chi connectivity index (χ2v) is 13.9. The summed E-state index contributed by atoms with van der Waals surface area (Å²) in [6.07, 6.45) is 5.14. The van der Waals surface area contributed by atoms with Crippen LogP contribution in [0.1, 0.15) is 112 Å². The molecule has 0 radical (unpaired) electrons. The third-order valence-corrected chi connectivity index (χ3v) is 9.17. The maximum Gasteiger partial charge on any atom is 0.320 e. The molecule has 3 amide bonds. The van der Waals surface area contributed by atoms with Crippen LogP contribution in [0.15, 0.2) is 48.7 Å². The lowest BCUT2D eigenvalue weighted by molar-refractivity contribution is 0.0936. The summed E-state index contributed by atoms with van der Waals surface area (Å²) in [5.74, 6) is 1.87. The zero-order chi connectivity index (χ0) is 35.8. The van der Waals surface area contributed by atoms with E-state index in [1.165, 1.54) is 0 Å². The Hall–Kier alpha value is -4.62. The number of aromatic nitrogens is 5. The molecule has 13 nitrogen and oxygen atoms in total. The number of benzene rings is 1. The Bertz CT molecular complexity index is 1770. The standard InChI is InChI=1S/C37H51N9O4/c1-8-24(9-2)34-44-43-32-17-14-25(23-46(32)34)50-29-16-15-28(26-12-10-11-13-27(26)29)39-36(48)42-31-22-30(37(3,4)5)40-33(41-31)35(47)38-18-19-45(6)20-21-49-7/h10-14,17,22-24,28-29H,8-9,15-16,18-21H2,1-7H3,(H,38,47)(H2,39,40,41,42,48)/t28-,29+/m0/s1. The maximum atomic E-state index is 13.4. The summed E-state index contributed by atoms with van der Waals surface area (Å²) in [5.41, 5.74) is 3.08. The van der Waals surface area contributed by atoms with E-state index in [0.717, 1.165) is 47.7 Å². The Morgan fingerprint density at radius 3 is 2.50 bits per heavy atom. The Balaban J connectivity index is 1.27. The number of anilines is 1. The molecule has 0 aliphatic heterocycles. The molecule has 13 heteroatoms. The van der Waals surface area contributed by atoms with E-state index in [4.69, 9.17) is 9.47 Å². The highest BCUT2D eigenvalue weighted by Crippen LogP contribution is 2.39. The van der Waals surface area contributed by atoms with E-state index in [9.17, 15) is 9.59 Å². The van der Waals surface area contributed by atoms with Crippen LogP contribution in [0.5, 0.6) is 5.75 Å². The highest BCUT2D eigenvalue weighted by Gasteiger charge is 2.30. The van der Waals surface area contributed by atoms with Gasteiger partial charge in [0.15, 0.2) is 5.65 Å². The number of pyridine rings is 1. The van der Waals surface area contributed by atoms with E-state index in [1.807, 2.05) is 68.7 Å². The lowest BCUT2D eigenvalue weighted by Crippen LogP contribution is -2.37. The molecule has 50 heavy (non-hydrogen) atoms. The first-order valence-electron chi connectivity index (χ1n) is 17.5. The molecule has 3 aromatic heterocycles. The molecule has 268 valence electrons. The van der Waals surface area contributed by atoms with Gasteiger partial charge in [0, 0.05) is 44.1 Å². The van der Waals surface area contributed by atoms with Gasteiger partial charge in [-0.15, -0.1) is 10.2 Å². The van der Waals surface area contributed by atoms with Gasteiger partial charge in [-0.05, 0) is 56.0 Å². The Kier molecular flexibility index (Phi) is 12.0. The van der Waals surface area contributed by atoms with E-state index in [0.29, 0.717) is 44.1 Å². The number of fused-ring (bicyclic) bond motifs is 2. The molecule has 0 unspecified atom stereocenters. The Morgan fingerprint density at radius 2 is 1.78 bits per heavy atom. The smallest absolute Gasteiger partial charge is 0.320 e. The zero-order valence-electron chi connectivity index (χ0n) is 30.3. The van der Waals surface area contributed by atoms with Gasteiger partial charge in [0.25, 0.3) is 5.91 Å². The van der Waals surface area contributed by atoms with E-state index < -0.39 is 11.9 Å². The van der Waals surface area contributed by atoms with E-state index >= 15 is 0 Å². The molecule has 0 fully saturated rings. The Morgan fingerprint density at radius 1 is 1.02 bits per heavy atom. The van der Waals surface area contributed by atoms with Gasteiger partial charge in [-0.3, -0.25) is 14.5 Å². The molecule has 1 aliphatic carbocycles. The normalized spacial score (nSPS) is 16.0. The molecule has 3 N–H and O–H groups in total. The fraction of sp³-hybridized carbons (Fsp3) is 0.514.